The second-order valence-electron chi connectivity index (χ2n) is 16.5. The van der Waals surface area contributed by atoms with E-state index in [1.54, 1.807) is 0 Å². The first kappa shape index (κ1) is 38.4. The van der Waals surface area contributed by atoms with E-state index in [9.17, 15) is 0 Å². The van der Waals surface area contributed by atoms with Crippen LogP contribution in [-0.2, 0) is 6.54 Å². The summed E-state index contributed by atoms with van der Waals surface area (Å²) in [5.74, 6) is 1.76. The van der Waals surface area contributed by atoms with E-state index in [4.69, 9.17) is 14.7 Å². The van der Waals surface area contributed by atoms with Crippen LogP contribution in [0.1, 0.15) is 37.5 Å². The van der Waals surface area contributed by atoms with Gasteiger partial charge in [-0.15, -0.1) is 0 Å². The van der Waals surface area contributed by atoms with Gasteiger partial charge in [-0.05, 0) is 111 Å². The van der Waals surface area contributed by atoms with Gasteiger partial charge in [0.05, 0.1) is 28.6 Å². The molecule has 0 aliphatic carbocycles. The van der Waals surface area contributed by atoms with Crippen molar-refractivity contribution in [1.29, 1.82) is 0 Å². The van der Waals surface area contributed by atoms with E-state index in [2.05, 4.69) is 181 Å². The fraction of sp³-hybridized carbons (Fsp3) is 0.0893. The quantitative estimate of drug-likeness (QED) is 0.111. The van der Waals surface area contributed by atoms with Gasteiger partial charge < -0.3 is 13.9 Å². The zero-order valence-electron chi connectivity index (χ0n) is 35.0. The molecule has 8 aromatic carbocycles. The highest BCUT2D eigenvalue weighted by molar-refractivity contribution is 6.14. The Labute approximate surface area is 361 Å². The maximum atomic E-state index is 6.63. The van der Waals surface area contributed by atoms with Gasteiger partial charge in [-0.25, -0.2) is 9.98 Å². The molecule has 0 spiro atoms. The SMILES string of the molecule is C=NC(=NC(=NCc1ccccc1)c1cc(OC(C)(C)C)cc(-c2ccc3c4ccccc4n(-c4ccc5c(c4)c4ccccc4n5-c4ccccc4)c3c2)c1)c1ccccc1. The van der Waals surface area contributed by atoms with Crippen LogP contribution in [0, 0.1) is 0 Å². The molecule has 10 rings (SSSR count). The number of rotatable bonds is 8. The highest BCUT2D eigenvalue weighted by Crippen LogP contribution is 2.39. The third-order valence-corrected chi connectivity index (χ3v) is 11.2. The first-order chi connectivity index (χ1) is 30.3. The van der Waals surface area contributed by atoms with Crippen molar-refractivity contribution in [2.45, 2.75) is 32.9 Å². The molecule has 0 amide bonds. The molecule has 6 nitrogen and oxygen atoms in total. The van der Waals surface area contributed by atoms with E-state index in [0.717, 1.165) is 56.0 Å². The topological polar surface area (TPSA) is 56.2 Å². The molecule has 0 atom stereocenters. The van der Waals surface area contributed by atoms with Gasteiger partial charge in [0.15, 0.2) is 11.7 Å². The van der Waals surface area contributed by atoms with Gasteiger partial charge in [-0.3, -0.25) is 4.99 Å². The van der Waals surface area contributed by atoms with Gasteiger partial charge in [0.2, 0.25) is 0 Å². The summed E-state index contributed by atoms with van der Waals surface area (Å²) in [5.41, 5.74) is 11.2. The van der Waals surface area contributed by atoms with Crippen molar-refractivity contribution in [3.8, 4) is 28.3 Å². The molecule has 0 aliphatic rings. The van der Waals surface area contributed by atoms with Crippen LogP contribution in [0.25, 0.3) is 66.1 Å². The molecule has 0 radical (unpaired) electrons. The van der Waals surface area contributed by atoms with E-state index in [1.165, 1.54) is 32.6 Å². The van der Waals surface area contributed by atoms with E-state index in [0.29, 0.717) is 18.2 Å². The molecule has 300 valence electrons. The lowest BCUT2D eigenvalue weighted by Gasteiger charge is -2.22. The molecule has 0 aliphatic heterocycles. The van der Waals surface area contributed by atoms with Gasteiger partial charge in [-0.2, -0.15) is 0 Å². The van der Waals surface area contributed by atoms with Crippen LogP contribution in [0.3, 0.4) is 0 Å². The number of amidine groups is 2. The fourth-order valence-corrected chi connectivity index (χ4v) is 8.51. The predicted molar refractivity (Wildman–Crippen MR) is 260 cm³/mol. The number of para-hydroxylation sites is 3. The summed E-state index contributed by atoms with van der Waals surface area (Å²) >= 11 is 0. The molecule has 10 aromatic rings. The van der Waals surface area contributed by atoms with Crippen LogP contribution >= 0.6 is 0 Å². The summed E-state index contributed by atoms with van der Waals surface area (Å²) < 4.78 is 11.4. The molecule has 2 aromatic heterocycles. The Bertz CT molecular complexity index is 3330. The summed E-state index contributed by atoms with van der Waals surface area (Å²) in [6.45, 7) is 10.5. The van der Waals surface area contributed by atoms with Gasteiger partial charge in [0.1, 0.15) is 11.4 Å². The summed E-state index contributed by atoms with van der Waals surface area (Å²) in [4.78, 5) is 14.6. The number of nitrogens with zero attached hydrogens (tertiary/aromatic N) is 5. The van der Waals surface area contributed by atoms with E-state index >= 15 is 0 Å². The Morgan fingerprint density at radius 3 is 1.77 bits per heavy atom. The molecule has 0 fully saturated rings. The van der Waals surface area contributed by atoms with Gasteiger partial charge >= 0.3 is 0 Å². The van der Waals surface area contributed by atoms with Gasteiger partial charge in [-0.1, -0.05) is 127 Å². The minimum atomic E-state index is -0.447. The first-order valence-electron chi connectivity index (χ1n) is 21.0. The number of hydrogen-bond donors (Lipinski definition) is 0. The Balaban J connectivity index is 1.16. The van der Waals surface area contributed by atoms with Crippen LogP contribution in [0.15, 0.2) is 209 Å². The van der Waals surface area contributed by atoms with Crippen molar-refractivity contribution in [2.24, 2.45) is 15.0 Å². The smallest absolute Gasteiger partial charge is 0.161 e. The van der Waals surface area contributed by atoms with Crippen molar-refractivity contribution in [1.82, 2.24) is 9.13 Å². The number of hydrogen-bond acceptors (Lipinski definition) is 2. The van der Waals surface area contributed by atoms with Crippen LogP contribution < -0.4 is 4.74 Å². The van der Waals surface area contributed by atoms with E-state index in [1.807, 2.05) is 54.6 Å². The zero-order chi connectivity index (χ0) is 42.2. The summed E-state index contributed by atoms with van der Waals surface area (Å²) in [5, 5.41) is 4.79. The molecule has 0 bridgehead atoms. The van der Waals surface area contributed by atoms with Crippen molar-refractivity contribution in [3.05, 3.63) is 211 Å². The number of aliphatic imine (C=N–C) groups is 3. The van der Waals surface area contributed by atoms with Crippen LogP contribution in [-0.4, -0.2) is 33.1 Å². The minimum Gasteiger partial charge on any atom is -0.488 e. The molecule has 6 heteroatoms. The normalized spacial score (nSPS) is 12.4. The zero-order valence-corrected chi connectivity index (χ0v) is 35.0. The van der Waals surface area contributed by atoms with Crippen LogP contribution in [0.2, 0.25) is 0 Å². The van der Waals surface area contributed by atoms with Crippen LogP contribution in [0.5, 0.6) is 5.75 Å². The molecule has 0 saturated carbocycles. The maximum absolute atomic E-state index is 6.63. The molecule has 0 saturated heterocycles. The number of aromatic nitrogens is 2. The lowest BCUT2D eigenvalue weighted by atomic mass is 10.00. The maximum Gasteiger partial charge on any atom is 0.161 e. The van der Waals surface area contributed by atoms with Crippen molar-refractivity contribution in [2.75, 3.05) is 0 Å². The van der Waals surface area contributed by atoms with Crippen molar-refractivity contribution >= 4 is 62.0 Å². The standard InChI is InChI=1S/C56H45N5O/c1-56(2,3)62-45-33-41(32-42(34-45)55(58-37-38-18-8-5-9-19-38)59-54(57-4)39-20-10-6-11-21-39)40-28-30-48-46-24-14-16-26-50(46)61(53(48)35-40)44-29-31-52-49(36-44)47-25-15-17-27-51(47)60(52)43-22-12-7-13-23-43/h5-36H,4,37H2,1-3H3. The molecule has 62 heavy (non-hydrogen) atoms. The Hall–Kier alpha value is -7.83. The minimum absolute atomic E-state index is 0.443. The largest absolute Gasteiger partial charge is 0.488 e. The number of fused-ring (bicyclic) bond motifs is 6. The molecule has 0 N–H and O–H groups in total. The third-order valence-electron chi connectivity index (χ3n) is 11.2. The molecular weight excluding hydrogens is 759 g/mol. The lowest BCUT2D eigenvalue weighted by molar-refractivity contribution is 0.131. The van der Waals surface area contributed by atoms with E-state index in [-0.39, 0.29) is 0 Å². The number of ether oxygens (including phenoxy) is 1. The number of benzene rings is 8. The molecular formula is C56H45N5O. The monoisotopic (exact) mass is 803 g/mol. The van der Waals surface area contributed by atoms with Crippen LogP contribution in [0.4, 0.5) is 0 Å². The Morgan fingerprint density at radius 2 is 1.08 bits per heavy atom. The second kappa shape index (κ2) is 16.0. The van der Waals surface area contributed by atoms with Gasteiger partial charge in [0, 0.05) is 44.0 Å². The lowest BCUT2D eigenvalue weighted by Crippen LogP contribution is -2.23. The van der Waals surface area contributed by atoms with Crippen molar-refractivity contribution < 1.29 is 4.74 Å². The summed E-state index contributed by atoms with van der Waals surface area (Å²) in [7, 11) is 0. The fourth-order valence-electron chi connectivity index (χ4n) is 8.51. The van der Waals surface area contributed by atoms with E-state index < -0.39 is 5.60 Å². The molecule has 2 heterocycles. The highest BCUT2D eigenvalue weighted by atomic mass is 16.5. The Morgan fingerprint density at radius 1 is 0.484 bits per heavy atom. The predicted octanol–water partition coefficient (Wildman–Crippen LogP) is 13.8. The first-order valence-corrected chi connectivity index (χ1v) is 21.0. The Kier molecular flexibility index (Phi) is 9.89. The summed E-state index contributed by atoms with van der Waals surface area (Å²) in [6, 6.07) is 68.0. The third kappa shape index (κ3) is 7.37. The average molecular weight is 804 g/mol. The van der Waals surface area contributed by atoms with Gasteiger partial charge in [0.25, 0.3) is 0 Å². The average Bonchev–Trinajstić information content (AvgIpc) is 3.81. The summed E-state index contributed by atoms with van der Waals surface area (Å²) in [6.07, 6.45) is 0. The van der Waals surface area contributed by atoms with Crippen molar-refractivity contribution in [3.63, 3.8) is 0 Å². The second-order valence-corrected chi connectivity index (χ2v) is 16.5. The molecule has 0 unspecified atom stereocenters. The highest BCUT2D eigenvalue weighted by Gasteiger charge is 2.20.